The number of nitro benzene ring substituents is 1. The first kappa shape index (κ1) is 30.9. The van der Waals surface area contributed by atoms with Gasteiger partial charge in [0.25, 0.3) is 5.69 Å². The first-order chi connectivity index (χ1) is 23.4. The van der Waals surface area contributed by atoms with Crippen LogP contribution in [0.3, 0.4) is 0 Å². The number of amides is 4. The number of carbonyl (C=O) groups excluding carboxylic acids is 4. The summed E-state index contributed by atoms with van der Waals surface area (Å²) in [6, 6.07) is 19.6. The number of phenolic OH excluding ortho intramolecular Hbond substituents is 1. The normalized spacial score (nSPS) is 27.7. The van der Waals surface area contributed by atoms with Crippen molar-refractivity contribution in [2.75, 3.05) is 9.80 Å². The maximum absolute atomic E-state index is 14.6. The van der Waals surface area contributed by atoms with Crippen LogP contribution in [0.1, 0.15) is 31.2 Å². The van der Waals surface area contributed by atoms with Gasteiger partial charge in [-0.15, -0.1) is 0 Å². The Balaban J connectivity index is 1.28. The molecule has 6 unspecified atom stereocenters. The summed E-state index contributed by atoms with van der Waals surface area (Å²) in [6.07, 6.45) is 2.11. The molecule has 8 rings (SSSR count). The van der Waals surface area contributed by atoms with Gasteiger partial charge in [-0.05, 0) is 61.4 Å². The second-order valence-corrected chi connectivity index (χ2v) is 13.7. The summed E-state index contributed by atoms with van der Waals surface area (Å²) in [4.78, 5) is 69.8. The largest absolute Gasteiger partial charge is 0.507 e. The van der Waals surface area contributed by atoms with E-state index in [1.807, 2.05) is 24.3 Å². The van der Waals surface area contributed by atoms with Crippen LogP contribution in [0, 0.1) is 45.0 Å². The summed E-state index contributed by atoms with van der Waals surface area (Å²) in [7, 11) is 0. The van der Waals surface area contributed by atoms with Crippen LogP contribution < -0.4 is 9.80 Å². The highest BCUT2D eigenvalue weighted by atomic mass is 35.5. The lowest BCUT2D eigenvalue weighted by atomic mass is 9.51. The van der Waals surface area contributed by atoms with Crippen molar-refractivity contribution < 1.29 is 33.6 Å². The number of fused-ring (bicyclic) bond motifs is 5. The number of carbonyl (C=O) groups is 4. The molecule has 0 radical (unpaired) electrons. The Morgan fingerprint density at radius 2 is 1.61 bits per heavy atom. The van der Waals surface area contributed by atoms with E-state index < -0.39 is 69.4 Å². The van der Waals surface area contributed by atoms with Crippen molar-refractivity contribution in [3.05, 3.63) is 117 Å². The number of aromatic hydroxyl groups is 1. The van der Waals surface area contributed by atoms with Crippen molar-refractivity contribution in [2.45, 2.75) is 25.7 Å². The minimum Gasteiger partial charge on any atom is -0.507 e. The molecule has 1 saturated carbocycles. The molecule has 4 aromatic carbocycles. The summed E-state index contributed by atoms with van der Waals surface area (Å²) in [5, 5.41) is 24.1. The molecule has 2 aliphatic heterocycles. The zero-order chi connectivity index (χ0) is 34.5. The average Bonchev–Trinajstić information content (AvgIpc) is 3.46. The van der Waals surface area contributed by atoms with Crippen molar-refractivity contribution in [1.29, 1.82) is 0 Å². The molecular formula is C37H27ClFN3O7. The van der Waals surface area contributed by atoms with Gasteiger partial charge in [0.05, 0.1) is 44.5 Å². The van der Waals surface area contributed by atoms with Crippen molar-refractivity contribution in [3.63, 3.8) is 0 Å². The van der Waals surface area contributed by atoms with Gasteiger partial charge in [0.15, 0.2) is 0 Å². The van der Waals surface area contributed by atoms with E-state index in [4.69, 9.17) is 11.6 Å². The van der Waals surface area contributed by atoms with Crippen LogP contribution >= 0.6 is 11.6 Å². The molecule has 2 heterocycles. The number of hydrogen-bond acceptors (Lipinski definition) is 7. The Morgan fingerprint density at radius 1 is 0.898 bits per heavy atom. The third-order valence-corrected chi connectivity index (χ3v) is 11.3. The topological polar surface area (TPSA) is 138 Å². The van der Waals surface area contributed by atoms with E-state index in [0.29, 0.717) is 16.5 Å². The number of hydrogen-bond donors (Lipinski definition) is 1. The Kier molecular flexibility index (Phi) is 6.80. The zero-order valence-electron chi connectivity index (χ0n) is 25.9. The van der Waals surface area contributed by atoms with Gasteiger partial charge in [0.2, 0.25) is 23.6 Å². The maximum atomic E-state index is 14.6. The second-order valence-electron chi connectivity index (χ2n) is 13.3. The van der Waals surface area contributed by atoms with Gasteiger partial charge in [0, 0.05) is 29.0 Å². The molecule has 0 bridgehead atoms. The van der Waals surface area contributed by atoms with Crippen LogP contribution in [0.4, 0.5) is 21.5 Å². The Morgan fingerprint density at radius 3 is 2.33 bits per heavy atom. The molecule has 10 nitrogen and oxygen atoms in total. The van der Waals surface area contributed by atoms with Crippen molar-refractivity contribution in [3.8, 4) is 5.75 Å². The smallest absolute Gasteiger partial charge is 0.269 e. The van der Waals surface area contributed by atoms with Gasteiger partial charge in [0.1, 0.15) is 11.6 Å². The monoisotopic (exact) mass is 679 g/mol. The van der Waals surface area contributed by atoms with Crippen LogP contribution in [0.15, 0.2) is 90.5 Å². The number of rotatable bonds is 4. The molecule has 2 aliphatic carbocycles. The van der Waals surface area contributed by atoms with Gasteiger partial charge in [-0.25, -0.2) is 9.29 Å². The predicted molar refractivity (Wildman–Crippen MR) is 177 cm³/mol. The van der Waals surface area contributed by atoms with Crippen LogP contribution in [-0.2, 0) is 19.2 Å². The van der Waals surface area contributed by atoms with E-state index >= 15 is 0 Å². The number of halogens is 2. The van der Waals surface area contributed by atoms with E-state index in [-0.39, 0.29) is 40.7 Å². The summed E-state index contributed by atoms with van der Waals surface area (Å²) >= 11 is 6.08. The van der Waals surface area contributed by atoms with Gasteiger partial charge in [-0.3, -0.25) is 34.2 Å². The fourth-order valence-electron chi connectivity index (χ4n) is 8.71. The highest BCUT2D eigenvalue weighted by Crippen LogP contribution is 2.64. The minimum absolute atomic E-state index is 0.0587. The number of benzene rings is 4. The van der Waals surface area contributed by atoms with E-state index in [1.54, 1.807) is 25.1 Å². The molecule has 6 atom stereocenters. The fourth-order valence-corrected chi connectivity index (χ4v) is 8.89. The number of nitrogens with zero attached hydrogens (tertiary/aromatic N) is 3. The van der Waals surface area contributed by atoms with Crippen molar-refractivity contribution in [1.82, 2.24) is 0 Å². The lowest BCUT2D eigenvalue weighted by molar-refractivity contribution is -0.384. The van der Waals surface area contributed by atoms with E-state index in [2.05, 4.69) is 0 Å². The number of non-ortho nitro benzene ring substituents is 1. The molecule has 1 N–H and O–H groups in total. The van der Waals surface area contributed by atoms with Crippen LogP contribution in [-0.4, -0.2) is 33.7 Å². The number of imide groups is 2. The van der Waals surface area contributed by atoms with Gasteiger partial charge in [-0.2, -0.15) is 0 Å². The lowest BCUT2D eigenvalue weighted by Crippen LogP contribution is -2.48. The SMILES string of the molecule is CC12C(=O)N(c3ccc(F)c(Cl)c3)C(=O)C1CC1C(=CCC3C(=O)N(c4ccc([N+](=O)[O-])cc4)C(=O)C31)C2c1ccc2ccccc2c1O. The fraction of sp³-hybridized carbons (Fsp3) is 0.243. The molecule has 0 aromatic heterocycles. The molecule has 0 spiro atoms. The summed E-state index contributed by atoms with van der Waals surface area (Å²) in [5.41, 5.74) is -0.235. The first-order valence-corrected chi connectivity index (χ1v) is 16.2. The van der Waals surface area contributed by atoms with Gasteiger partial charge < -0.3 is 5.11 Å². The van der Waals surface area contributed by atoms with Crippen LogP contribution in [0.2, 0.25) is 5.02 Å². The molecule has 3 fully saturated rings. The number of phenols is 1. The van der Waals surface area contributed by atoms with Crippen LogP contribution in [0.25, 0.3) is 10.8 Å². The Hall–Kier alpha value is -5.42. The van der Waals surface area contributed by atoms with Crippen molar-refractivity contribution in [2.24, 2.45) is 29.1 Å². The Labute approximate surface area is 283 Å². The second kappa shape index (κ2) is 10.8. The summed E-state index contributed by atoms with van der Waals surface area (Å²) in [5.74, 6) is -6.95. The summed E-state index contributed by atoms with van der Waals surface area (Å²) in [6.45, 7) is 1.69. The van der Waals surface area contributed by atoms with Crippen LogP contribution in [0.5, 0.6) is 5.75 Å². The number of anilines is 2. The highest BCUT2D eigenvalue weighted by Gasteiger charge is 2.68. The third kappa shape index (κ3) is 4.24. The van der Waals surface area contributed by atoms with Gasteiger partial charge >= 0.3 is 0 Å². The quantitative estimate of drug-likeness (QED) is 0.110. The Bertz CT molecular complexity index is 2200. The third-order valence-electron chi connectivity index (χ3n) is 11.0. The standard InChI is InChI=1S/C37H27ClFN3O7/c1-37-27(34(45)41(36(37)47)21-11-15-29(39)28(38)16-21)17-26-23(31(37)25-12-6-18-4-2-3-5-22(18)32(25)43)13-14-24-30(26)35(46)40(33(24)44)19-7-9-20(10-8-19)42(48)49/h2-13,15-16,24,26-27,30-31,43H,14,17H2,1H3. The molecule has 4 aliphatic rings. The molecule has 12 heteroatoms. The predicted octanol–water partition coefficient (Wildman–Crippen LogP) is 6.68. The molecule has 4 amide bonds. The van der Waals surface area contributed by atoms with Crippen molar-refractivity contribution >= 4 is 63.1 Å². The molecule has 2 saturated heterocycles. The molecule has 49 heavy (non-hydrogen) atoms. The van der Waals surface area contributed by atoms with Gasteiger partial charge in [-0.1, -0.05) is 59.6 Å². The first-order valence-electron chi connectivity index (χ1n) is 15.8. The lowest BCUT2D eigenvalue weighted by Gasteiger charge is -2.49. The summed E-state index contributed by atoms with van der Waals surface area (Å²) < 4.78 is 14.2. The average molecular weight is 680 g/mol. The number of nitro groups is 1. The number of allylic oxidation sites excluding steroid dienone is 2. The minimum atomic E-state index is -1.43. The zero-order valence-corrected chi connectivity index (χ0v) is 26.6. The van der Waals surface area contributed by atoms with E-state index in [0.717, 1.165) is 21.3 Å². The molecule has 246 valence electrons. The highest BCUT2D eigenvalue weighted by molar-refractivity contribution is 6.32. The molecule has 4 aromatic rings. The molecular weight excluding hydrogens is 653 g/mol. The van der Waals surface area contributed by atoms with E-state index in [1.165, 1.54) is 36.4 Å². The van der Waals surface area contributed by atoms with E-state index in [9.17, 15) is 38.8 Å². The maximum Gasteiger partial charge on any atom is 0.269 e.